The molecule has 0 aromatic heterocycles. The van der Waals surface area contributed by atoms with Crippen LogP contribution in [0.1, 0.15) is 80.6 Å². The Morgan fingerprint density at radius 1 is 0.851 bits per heavy atom. The van der Waals surface area contributed by atoms with Gasteiger partial charge in [-0.1, -0.05) is 78.8 Å². The maximum Gasteiger partial charge on any atom is 0.305 e. The second-order valence-electron chi connectivity index (χ2n) is 13.8. The van der Waals surface area contributed by atoms with Crippen LogP contribution in [-0.2, 0) is 28.2 Å². The first-order chi connectivity index (χ1) is 22.3. The van der Waals surface area contributed by atoms with Crippen LogP contribution in [0.3, 0.4) is 0 Å². The summed E-state index contributed by atoms with van der Waals surface area (Å²) in [6, 6.07) is 14.9. The Balaban J connectivity index is 2.33. The van der Waals surface area contributed by atoms with E-state index in [4.69, 9.17) is 13.6 Å². The van der Waals surface area contributed by atoms with Crippen molar-refractivity contribution in [2.45, 2.75) is 134 Å². The Bertz CT molecular complexity index is 1160. The number of hydrogen-bond donors (Lipinski definition) is 2. The maximum absolute atomic E-state index is 13.9. The lowest BCUT2D eigenvalue weighted by Gasteiger charge is -2.35. The number of benzene rings is 1. The third-order valence-electron chi connectivity index (χ3n) is 10.8. The molecule has 0 heterocycles. The van der Waals surface area contributed by atoms with Crippen molar-refractivity contribution in [2.24, 2.45) is 17.3 Å². The van der Waals surface area contributed by atoms with Crippen LogP contribution in [0.15, 0.2) is 47.4 Å². The summed E-state index contributed by atoms with van der Waals surface area (Å²) in [6.45, 7) is 14.5. The number of hydrogen-bond acceptors (Lipinski definition) is 8. The van der Waals surface area contributed by atoms with Crippen LogP contribution in [0, 0.1) is 17.3 Å². The highest BCUT2D eigenvalue weighted by Gasteiger charge is 2.50. The van der Waals surface area contributed by atoms with Crippen LogP contribution in [0.25, 0.3) is 0 Å². The lowest BCUT2D eigenvalue weighted by Crippen LogP contribution is -2.43. The van der Waals surface area contributed by atoms with Crippen molar-refractivity contribution in [3.05, 3.63) is 42.5 Å². The van der Waals surface area contributed by atoms with Crippen LogP contribution in [0.4, 0.5) is 0 Å². The number of aliphatic hydroxyl groups excluding tert-OH is 2. The van der Waals surface area contributed by atoms with Gasteiger partial charge < -0.3 is 23.8 Å². The van der Waals surface area contributed by atoms with Crippen molar-refractivity contribution in [3.8, 4) is 0 Å². The van der Waals surface area contributed by atoms with Gasteiger partial charge in [0.1, 0.15) is 6.61 Å². The monoisotopic (exact) mass is 712 g/mol. The summed E-state index contributed by atoms with van der Waals surface area (Å²) in [4.78, 5) is 12.6. The second-order valence-corrected chi connectivity index (χ2v) is 25.3. The normalized spacial score (nSPS) is 21.0. The van der Waals surface area contributed by atoms with Gasteiger partial charge in [-0.25, -0.2) is 8.42 Å². The van der Waals surface area contributed by atoms with Gasteiger partial charge in [-0.2, -0.15) is 0 Å². The highest BCUT2D eigenvalue weighted by Crippen LogP contribution is 2.45. The molecule has 8 nitrogen and oxygen atoms in total. The molecule has 0 saturated heterocycles. The number of sulfone groups is 1. The van der Waals surface area contributed by atoms with Crippen LogP contribution >= 0.6 is 0 Å². The van der Waals surface area contributed by atoms with E-state index in [9.17, 15) is 23.4 Å². The first-order valence-corrected chi connectivity index (χ1v) is 24.7. The molecule has 2 N–H and O–H groups in total. The van der Waals surface area contributed by atoms with E-state index in [2.05, 4.69) is 53.7 Å². The Morgan fingerprint density at radius 3 is 1.85 bits per heavy atom. The van der Waals surface area contributed by atoms with Crippen molar-refractivity contribution in [2.75, 3.05) is 25.6 Å². The molecular formula is C36H64O8SSi2. The molecule has 47 heavy (non-hydrogen) atoms. The predicted octanol–water partition coefficient (Wildman–Crippen LogP) is 7.53. The van der Waals surface area contributed by atoms with E-state index in [1.54, 1.807) is 31.2 Å². The molecule has 1 aromatic carbocycles. The molecule has 1 aliphatic carbocycles. The Kier molecular flexibility index (Phi) is 17.6. The van der Waals surface area contributed by atoms with Crippen molar-refractivity contribution in [1.82, 2.24) is 0 Å². The standard InChI is InChI=1S/C36H64O8SSi2/c1-8-46(9-2,10-3)43-33-25-34(44-47(11-4,12-5)13-6)32(26-45(40,41)30-21-17-16-18-22-30)31(33)23-19-14-15-20-24-35(39)42-29-36(7,27-37)28-38/h14,16-19,21-22,31-34,37-38H,8-13,15,20,23-29H2,1-7H3/b19-14-/t31-,32-,33-,34-/m1/s1. The minimum Gasteiger partial charge on any atom is -0.465 e. The molecular weight excluding hydrogens is 649 g/mol. The molecule has 0 aliphatic heterocycles. The first kappa shape index (κ1) is 41.8. The minimum absolute atomic E-state index is 0.00290. The summed E-state index contributed by atoms with van der Waals surface area (Å²) in [5.74, 6) is -0.501. The van der Waals surface area contributed by atoms with E-state index >= 15 is 0 Å². The van der Waals surface area contributed by atoms with Crippen molar-refractivity contribution in [3.63, 3.8) is 0 Å². The average Bonchev–Trinajstić information content (AvgIpc) is 3.40. The Labute approximate surface area is 287 Å². The predicted molar refractivity (Wildman–Crippen MR) is 195 cm³/mol. The van der Waals surface area contributed by atoms with Gasteiger partial charge in [-0.05, 0) is 80.0 Å². The van der Waals surface area contributed by atoms with Crippen LogP contribution in [0.5, 0.6) is 0 Å². The zero-order valence-corrected chi connectivity index (χ0v) is 33.0. The number of ether oxygens (including phenoxy) is 1. The molecule has 270 valence electrons. The van der Waals surface area contributed by atoms with Crippen molar-refractivity contribution >= 4 is 32.4 Å². The highest BCUT2D eigenvalue weighted by molar-refractivity contribution is 7.91. The smallest absolute Gasteiger partial charge is 0.305 e. The van der Waals surface area contributed by atoms with E-state index in [0.29, 0.717) is 24.2 Å². The SMILES string of the molecule is CC[Si](CC)(CC)O[C@@H]1C[C@@H](O[Si](CC)(CC)CC)[C@H](CS(=O)(=O)c2ccccc2)[C@H]1C/C=C\CCCC(=O)OCC(C)(CO)CO. The number of rotatable bonds is 23. The lowest BCUT2D eigenvalue weighted by molar-refractivity contribution is -0.149. The molecule has 0 radical (unpaired) electrons. The zero-order chi connectivity index (χ0) is 35.1. The molecule has 0 spiro atoms. The number of unbranched alkanes of at least 4 members (excludes halogenated alkanes) is 1. The molecule has 1 fully saturated rings. The topological polar surface area (TPSA) is 119 Å². The summed E-state index contributed by atoms with van der Waals surface area (Å²) < 4.78 is 47.4. The number of esters is 1. The van der Waals surface area contributed by atoms with E-state index in [0.717, 1.165) is 42.7 Å². The van der Waals surface area contributed by atoms with Gasteiger partial charge in [0.2, 0.25) is 0 Å². The van der Waals surface area contributed by atoms with Gasteiger partial charge >= 0.3 is 5.97 Å². The Morgan fingerprint density at radius 2 is 1.36 bits per heavy atom. The summed E-state index contributed by atoms with van der Waals surface area (Å²) in [7, 11) is -7.58. The van der Waals surface area contributed by atoms with Crippen LogP contribution in [0.2, 0.25) is 36.3 Å². The fraction of sp³-hybridized carbons (Fsp3) is 0.750. The number of carbonyl (C=O) groups is 1. The van der Waals surface area contributed by atoms with Crippen LogP contribution in [-0.4, -0.2) is 79.0 Å². The Hall–Kier alpha value is -1.35. The fourth-order valence-electron chi connectivity index (χ4n) is 6.78. The largest absolute Gasteiger partial charge is 0.465 e. The maximum atomic E-state index is 13.9. The third kappa shape index (κ3) is 11.9. The summed E-state index contributed by atoms with van der Waals surface area (Å²) in [5.41, 5.74) is -0.844. The second kappa shape index (κ2) is 19.7. The molecule has 1 saturated carbocycles. The van der Waals surface area contributed by atoms with E-state index in [-0.39, 0.29) is 62.0 Å². The molecule has 2 rings (SSSR count). The number of aliphatic hydroxyl groups is 2. The minimum atomic E-state index is -3.55. The highest BCUT2D eigenvalue weighted by atomic mass is 32.2. The van der Waals surface area contributed by atoms with Gasteiger partial charge in [0.25, 0.3) is 0 Å². The van der Waals surface area contributed by atoms with Gasteiger partial charge in [-0.3, -0.25) is 4.79 Å². The molecule has 11 heteroatoms. The van der Waals surface area contributed by atoms with Gasteiger partial charge in [0.15, 0.2) is 26.5 Å². The summed E-state index contributed by atoms with van der Waals surface area (Å²) >= 11 is 0. The van der Waals surface area contributed by atoms with Gasteiger partial charge in [-0.15, -0.1) is 0 Å². The van der Waals surface area contributed by atoms with Gasteiger partial charge in [0.05, 0.1) is 36.1 Å². The lowest BCUT2D eigenvalue weighted by atomic mass is 9.92. The molecule has 0 unspecified atom stereocenters. The number of allylic oxidation sites excluding steroid dienone is 2. The molecule has 1 aliphatic rings. The zero-order valence-electron chi connectivity index (χ0n) is 30.2. The number of carbonyl (C=O) groups excluding carboxylic acids is 1. The third-order valence-corrected chi connectivity index (χ3v) is 22.0. The van der Waals surface area contributed by atoms with Gasteiger partial charge in [0, 0.05) is 17.8 Å². The molecule has 0 bridgehead atoms. The van der Waals surface area contributed by atoms with E-state index in [1.165, 1.54) is 0 Å². The summed E-state index contributed by atoms with van der Waals surface area (Å²) in [5, 5.41) is 18.9. The fourth-order valence-corrected chi connectivity index (χ4v) is 14.3. The molecule has 4 atom stereocenters. The van der Waals surface area contributed by atoms with E-state index < -0.39 is 31.9 Å². The first-order valence-electron chi connectivity index (χ1n) is 18.0. The summed E-state index contributed by atoms with van der Waals surface area (Å²) in [6.07, 6.45) is 6.96. The van der Waals surface area contributed by atoms with E-state index in [1.807, 2.05) is 6.07 Å². The van der Waals surface area contributed by atoms with Crippen molar-refractivity contribution in [1.29, 1.82) is 0 Å². The molecule has 0 amide bonds. The average molecular weight is 713 g/mol. The van der Waals surface area contributed by atoms with Crippen LogP contribution < -0.4 is 0 Å². The quantitative estimate of drug-likeness (QED) is 0.0518. The van der Waals surface area contributed by atoms with Crippen molar-refractivity contribution < 1.29 is 37.0 Å². The molecule has 1 aromatic rings.